The van der Waals surface area contributed by atoms with Gasteiger partial charge in [-0.3, -0.25) is 4.79 Å². The van der Waals surface area contributed by atoms with Gasteiger partial charge in [0.05, 0.1) is 23.0 Å². The van der Waals surface area contributed by atoms with E-state index in [1.54, 1.807) is 18.4 Å². The van der Waals surface area contributed by atoms with E-state index in [2.05, 4.69) is 82.9 Å². The first-order valence-corrected chi connectivity index (χ1v) is 13.2. The minimum absolute atomic E-state index is 0.121. The molecule has 0 spiro atoms. The Hall–Kier alpha value is -3.03. The molecule has 6 nitrogen and oxygen atoms in total. The number of likely N-dealkylation sites (N-methyl/N-ethyl adjacent to an activating group) is 1. The minimum atomic E-state index is -0.257. The van der Waals surface area contributed by atoms with Gasteiger partial charge in [-0.2, -0.15) is 9.61 Å². The Bertz CT molecular complexity index is 1510. The van der Waals surface area contributed by atoms with E-state index >= 15 is 0 Å². The Morgan fingerprint density at radius 1 is 1.14 bits per heavy atom. The molecule has 0 radical (unpaired) electrons. The lowest BCUT2D eigenvalue weighted by Gasteiger charge is -2.20. The van der Waals surface area contributed by atoms with Crippen LogP contribution in [-0.2, 0) is 10.2 Å². The van der Waals surface area contributed by atoms with Crippen LogP contribution >= 0.6 is 11.3 Å². The van der Waals surface area contributed by atoms with Crippen molar-refractivity contribution >= 4 is 28.1 Å². The number of hydrogen-bond acceptors (Lipinski definition) is 6. The average Bonchev–Trinajstić information content (AvgIpc) is 3.44. The predicted molar refractivity (Wildman–Crippen MR) is 150 cm³/mol. The van der Waals surface area contributed by atoms with Crippen LogP contribution in [-0.4, -0.2) is 41.4 Å². The SMILES string of the molecule is CCN(CCOC)c1ccc(/C=c2/c(C(C)(C)C)nn3c(=O)c(C)c(-c4cc(C)ccc4C)nc23)s1. The monoisotopic (exact) mass is 504 g/mol. The number of rotatable bonds is 7. The van der Waals surface area contributed by atoms with Gasteiger partial charge in [0.2, 0.25) is 0 Å². The molecule has 190 valence electrons. The predicted octanol–water partition coefficient (Wildman–Crippen LogP) is 5.06. The summed E-state index contributed by atoms with van der Waals surface area (Å²) in [7, 11) is 1.73. The highest BCUT2D eigenvalue weighted by Crippen LogP contribution is 2.28. The van der Waals surface area contributed by atoms with Gasteiger partial charge in [0, 0.05) is 46.8 Å². The van der Waals surface area contributed by atoms with E-state index in [0.29, 0.717) is 17.8 Å². The van der Waals surface area contributed by atoms with Crippen LogP contribution in [0.1, 0.15) is 55.0 Å². The normalized spacial score (nSPS) is 12.6. The number of anilines is 1. The molecular formula is C29H36N4O2S. The number of benzene rings is 1. The molecule has 0 aliphatic carbocycles. The number of aromatic nitrogens is 3. The van der Waals surface area contributed by atoms with Crippen molar-refractivity contribution in [1.82, 2.24) is 14.6 Å². The second kappa shape index (κ2) is 10.1. The second-order valence-electron chi connectivity index (χ2n) is 10.3. The molecule has 1 aromatic carbocycles. The topological polar surface area (TPSA) is 59.7 Å². The van der Waals surface area contributed by atoms with Crippen molar-refractivity contribution in [2.75, 3.05) is 31.7 Å². The molecule has 0 aliphatic heterocycles. The molecular weight excluding hydrogens is 468 g/mol. The molecule has 4 aromatic rings. The number of hydrogen-bond donors (Lipinski definition) is 0. The summed E-state index contributed by atoms with van der Waals surface area (Å²) < 4.78 is 6.77. The Morgan fingerprint density at radius 3 is 2.56 bits per heavy atom. The van der Waals surface area contributed by atoms with Gasteiger partial charge in [0.25, 0.3) is 5.56 Å². The molecule has 0 saturated carbocycles. The van der Waals surface area contributed by atoms with Crippen molar-refractivity contribution in [3.63, 3.8) is 0 Å². The zero-order chi connectivity index (χ0) is 26.2. The highest BCUT2D eigenvalue weighted by molar-refractivity contribution is 7.16. The lowest BCUT2D eigenvalue weighted by atomic mass is 9.91. The van der Waals surface area contributed by atoms with E-state index in [1.165, 1.54) is 9.52 Å². The fraction of sp³-hybridized carbons (Fsp3) is 0.414. The summed E-state index contributed by atoms with van der Waals surface area (Å²) >= 11 is 1.73. The molecule has 0 bridgehead atoms. The average molecular weight is 505 g/mol. The largest absolute Gasteiger partial charge is 0.383 e. The fourth-order valence-corrected chi connectivity index (χ4v) is 5.46. The summed E-state index contributed by atoms with van der Waals surface area (Å²) in [5.74, 6) is 0. The van der Waals surface area contributed by atoms with E-state index in [4.69, 9.17) is 14.8 Å². The minimum Gasteiger partial charge on any atom is -0.383 e. The molecule has 0 amide bonds. The number of ether oxygens (including phenoxy) is 1. The first-order chi connectivity index (χ1) is 17.0. The third-order valence-electron chi connectivity index (χ3n) is 6.50. The molecule has 3 heterocycles. The van der Waals surface area contributed by atoms with Gasteiger partial charge >= 0.3 is 0 Å². The Balaban J connectivity index is 1.97. The quantitative estimate of drug-likeness (QED) is 0.352. The van der Waals surface area contributed by atoms with Crippen molar-refractivity contribution < 1.29 is 4.74 Å². The van der Waals surface area contributed by atoms with Crippen LogP contribution in [0.15, 0.2) is 35.1 Å². The molecule has 7 heteroatoms. The summed E-state index contributed by atoms with van der Waals surface area (Å²) in [5.41, 5.74) is 5.66. The molecule has 0 aliphatic rings. The maximum atomic E-state index is 13.5. The molecule has 0 saturated heterocycles. The van der Waals surface area contributed by atoms with Gasteiger partial charge in [-0.15, -0.1) is 11.3 Å². The maximum Gasteiger partial charge on any atom is 0.278 e. The standard InChI is InChI=1S/C29H36N4O2S/c1-9-32(14-15-35-8)24-13-12-21(36-24)17-23-26(29(5,6)7)31-33-27(23)30-25(20(4)28(33)34)22-16-18(2)10-11-19(22)3/h10-13,16-17H,9,14-15H2,1-8H3/b23-17-. The van der Waals surface area contributed by atoms with E-state index in [0.717, 1.165) is 51.3 Å². The van der Waals surface area contributed by atoms with Crippen LogP contribution in [0.5, 0.6) is 0 Å². The summed E-state index contributed by atoms with van der Waals surface area (Å²) in [4.78, 5) is 22.0. The zero-order valence-electron chi connectivity index (χ0n) is 22.6. The van der Waals surface area contributed by atoms with E-state index < -0.39 is 0 Å². The maximum absolute atomic E-state index is 13.5. The van der Waals surface area contributed by atoms with Crippen LogP contribution in [0.4, 0.5) is 5.00 Å². The second-order valence-corrected chi connectivity index (χ2v) is 11.4. The van der Waals surface area contributed by atoms with Crippen LogP contribution in [0, 0.1) is 20.8 Å². The van der Waals surface area contributed by atoms with Crippen LogP contribution in [0.25, 0.3) is 23.0 Å². The lowest BCUT2D eigenvalue weighted by Crippen LogP contribution is -2.25. The Kier molecular flexibility index (Phi) is 7.34. The van der Waals surface area contributed by atoms with Crippen molar-refractivity contribution in [2.24, 2.45) is 0 Å². The first kappa shape index (κ1) is 26.0. The highest BCUT2D eigenvalue weighted by atomic mass is 32.1. The van der Waals surface area contributed by atoms with Crippen molar-refractivity contribution in [1.29, 1.82) is 0 Å². The van der Waals surface area contributed by atoms with E-state index in [9.17, 15) is 4.79 Å². The molecule has 36 heavy (non-hydrogen) atoms. The Morgan fingerprint density at radius 2 is 1.89 bits per heavy atom. The number of aryl methyl sites for hydroxylation is 2. The van der Waals surface area contributed by atoms with E-state index in [1.807, 2.05) is 6.92 Å². The number of methoxy groups -OCH3 is 1. The van der Waals surface area contributed by atoms with Gasteiger partial charge < -0.3 is 9.64 Å². The molecule has 0 N–H and O–H groups in total. The first-order valence-electron chi connectivity index (χ1n) is 12.4. The highest BCUT2D eigenvalue weighted by Gasteiger charge is 2.24. The molecule has 0 fully saturated rings. The summed E-state index contributed by atoms with van der Waals surface area (Å²) in [5, 5.41) is 6.90. The summed E-state index contributed by atoms with van der Waals surface area (Å²) in [6.45, 7) is 16.9. The van der Waals surface area contributed by atoms with Crippen LogP contribution < -0.4 is 15.7 Å². The van der Waals surface area contributed by atoms with E-state index in [-0.39, 0.29) is 11.0 Å². The molecule has 4 rings (SSSR count). The van der Waals surface area contributed by atoms with Crippen LogP contribution in [0.3, 0.4) is 0 Å². The Labute approximate surface area is 217 Å². The van der Waals surface area contributed by atoms with Gasteiger partial charge in [-0.1, -0.05) is 38.5 Å². The lowest BCUT2D eigenvalue weighted by molar-refractivity contribution is 0.205. The third-order valence-corrected chi connectivity index (χ3v) is 7.59. The fourth-order valence-electron chi connectivity index (χ4n) is 4.42. The smallest absolute Gasteiger partial charge is 0.278 e. The number of thiophene rings is 1. The zero-order valence-corrected chi connectivity index (χ0v) is 23.4. The van der Waals surface area contributed by atoms with Crippen LogP contribution in [0.2, 0.25) is 0 Å². The molecule has 3 aromatic heterocycles. The summed E-state index contributed by atoms with van der Waals surface area (Å²) in [6.07, 6.45) is 2.13. The van der Waals surface area contributed by atoms with Gasteiger partial charge in [-0.25, -0.2) is 4.98 Å². The molecule has 0 atom stereocenters. The molecule has 0 unspecified atom stereocenters. The van der Waals surface area contributed by atoms with Crippen molar-refractivity contribution in [3.05, 3.63) is 73.2 Å². The summed E-state index contributed by atoms with van der Waals surface area (Å²) in [6, 6.07) is 10.6. The van der Waals surface area contributed by atoms with Gasteiger partial charge in [0.15, 0.2) is 5.65 Å². The van der Waals surface area contributed by atoms with Crippen molar-refractivity contribution in [2.45, 2.75) is 53.9 Å². The van der Waals surface area contributed by atoms with Gasteiger partial charge in [0.1, 0.15) is 0 Å². The third kappa shape index (κ3) is 4.95. The van der Waals surface area contributed by atoms with Crippen molar-refractivity contribution in [3.8, 4) is 11.3 Å². The number of fused-ring (bicyclic) bond motifs is 1. The number of nitrogens with zero attached hydrogens (tertiary/aromatic N) is 4. The van der Waals surface area contributed by atoms with Gasteiger partial charge in [-0.05, 0) is 57.5 Å².